The van der Waals surface area contributed by atoms with Crippen LogP contribution in [-0.4, -0.2) is 55.3 Å². The Hall–Kier alpha value is -1.87. The summed E-state index contributed by atoms with van der Waals surface area (Å²) < 4.78 is 121. The lowest BCUT2D eigenvalue weighted by atomic mass is 10.2. The van der Waals surface area contributed by atoms with Crippen molar-refractivity contribution >= 4 is 22.1 Å². The molecule has 0 amide bonds. The molecule has 0 aliphatic heterocycles. The SMILES string of the molecule is C=C(F)C(=O)OC(OCC(F)(F)S(=O)(=O)[O-])(C(=O)OCCCC)C(F)(F)F. The highest BCUT2D eigenvalue weighted by Gasteiger charge is 2.69. The normalized spacial score (nSPS) is 15.0. The molecule has 0 aromatic carbocycles. The topological polar surface area (TPSA) is 119 Å². The highest BCUT2D eigenvalue weighted by atomic mass is 32.2. The Morgan fingerprint density at radius 1 is 1.15 bits per heavy atom. The van der Waals surface area contributed by atoms with E-state index < -0.39 is 58.3 Å². The maximum atomic E-state index is 13.3. The zero-order chi connectivity index (χ0) is 21.7. The number of alkyl halides is 5. The molecule has 0 radical (unpaired) electrons. The van der Waals surface area contributed by atoms with Crippen molar-refractivity contribution in [2.45, 2.75) is 37.0 Å². The fourth-order valence-corrected chi connectivity index (χ4v) is 1.44. The number of rotatable bonds is 10. The number of carbonyl (C=O) groups is 2. The Balaban J connectivity index is 6.03. The third-order valence-electron chi connectivity index (χ3n) is 2.64. The first-order valence-corrected chi connectivity index (χ1v) is 8.21. The van der Waals surface area contributed by atoms with Gasteiger partial charge >= 0.3 is 29.2 Å². The molecule has 0 aliphatic carbocycles. The lowest BCUT2D eigenvalue weighted by Gasteiger charge is -2.33. The Bertz CT molecular complexity index is 674. The van der Waals surface area contributed by atoms with Crippen molar-refractivity contribution in [2.24, 2.45) is 0 Å². The summed E-state index contributed by atoms with van der Waals surface area (Å²) in [5, 5.41) is -5.45. The minimum Gasteiger partial charge on any atom is -0.743 e. The summed E-state index contributed by atoms with van der Waals surface area (Å²) in [6.45, 7) is 0.268. The van der Waals surface area contributed by atoms with Gasteiger partial charge in [0.15, 0.2) is 10.1 Å². The molecule has 8 nitrogen and oxygen atoms in total. The number of hydrogen-bond acceptors (Lipinski definition) is 8. The molecule has 0 bridgehead atoms. The van der Waals surface area contributed by atoms with Crippen molar-refractivity contribution in [3.05, 3.63) is 12.4 Å². The van der Waals surface area contributed by atoms with Crippen LogP contribution in [0.15, 0.2) is 12.4 Å². The molecule has 0 saturated heterocycles. The van der Waals surface area contributed by atoms with E-state index >= 15 is 0 Å². The van der Waals surface area contributed by atoms with Crippen LogP contribution in [0.3, 0.4) is 0 Å². The van der Waals surface area contributed by atoms with Crippen molar-refractivity contribution in [3.63, 3.8) is 0 Å². The van der Waals surface area contributed by atoms with Crippen LogP contribution in [0.2, 0.25) is 0 Å². The quantitative estimate of drug-likeness (QED) is 0.128. The molecule has 0 rings (SSSR count). The summed E-state index contributed by atoms with van der Waals surface area (Å²) in [5.74, 6) is -12.3. The van der Waals surface area contributed by atoms with Gasteiger partial charge in [0.1, 0.15) is 6.61 Å². The maximum Gasteiger partial charge on any atom is 0.468 e. The van der Waals surface area contributed by atoms with E-state index in [0.29, 0.717) is 6.42 Å². The molecular formula is C12H13F6O8S-. The lowest BCUT2D eigenvalue weighted by Crippen LogP contribution is -2.59. The number of hydrogen-bond donors (Lipinski definition) is 0. The number of halogens is 6. The molecule has 0 spiro atoms. The molecule has 1 unspecified atom stereocenters. The molecule has 27 heavy (non-hydrogen) atoms. The van der Waals surface area contributed by atoms with Crippen LogP contribution >= 0.6 is 0 Å². The third-order valence-corrected chi connectivity index (χ3v) is 3.49. The van der Waals surface area contributed by atoms with E-state index in [1.165, 1.54) is 6.92 Å². The van der Waals surface area contributed by atoms with Crippen LogP contribution in [0, 0.1) is 0 Å². The molecule has 0 aromatic rings. The summed E-state index contributed by atoms with van der Waals surface area (Å²) in [5.41, 5.74) is 0. The molecule has 0 heterocycles. The first kappa shape index (κ1) is 25.1. The van der Waals surface area contributed by atoms with E-state index in [4.69, 9.17) is 0 Å². The molecule has 158 valence electrons. The zero-order valence-electron chi connectivity index (χ0n) is 13.5. The van der Waals surface area contributed by atoms with E-state index in [2.05, 4.69) is 20.8 Å². The fraction of sp³-hybridized carbons (Fsp3) is 0.667. The smallest absolute Gasteiger partial charge is 0.468 e. The molecule has 0 saturated carbocycles. The van der Waals surface area contributed by atoms with E-state index in [1.54, 1.807) is 0 Å². The molecule has 1 atom stereocenters. The van der Waals surface area contributed by atoms with E-state index in [0.717, 1.165) is 0 Å². The number of ether oxygens (including phenoxy) is 3. The van der Waals surface area contributed by atoms with Crippen LogP contribution in [0.5, 0.6) is 0 Å². The summed E-state index contributed by atoms with van der Waals surface area (Å²) >= 11 is 0. The second-order valence-corrected chi connectivity index (χ2v) is 6.28. The number of carbonyl (C=O) groups excluding carboxylic acids is 2. The van der Waals surface area contributed by atoms with Gasteiger partial charge in [0.2, 0.25) is 5.83 Å². The lowest BCUT2D eigenvalue weighted by molar-refractivity contribution is -0.360. The van der Waals surface area contributed by atoms with Crippen LogP contribution in [-0.2, 0) is 33.9 Å². The van der Waals surface area contributed by atoms with E-state index in [1.807, 2.05) is 0 Å². The predicted molar refractivity (Wildman–Crippen MR) is 71.6 cm³/mol. The van der Waals surface area contributed by atoms with Crippen LogP contribution in [0.4, 0.5) is 26.3 Å². The molecular weight excluding hydrogens is 418 g/mol. The fourth-order valence-electron chi connectivity index (χ4n) is 1.23. The van der Waals surface area contributed by atoms with Gasteiger partial charge in [0, 0.05) is 0 Å². The van der Waals surface area contributed by atoms with Crippen LogP contribution in [0.25, 0.3) is 0 Å². The van der Waals surface area contributed by atoms with Gasteiger partial charge < -0.3 is 18.8 Å². The summed E-state index contributed by atoms with van der Waals surface area (Å²) in [4.78, 5) is 22.9. The average molecular weight is 431 g/mol. The maximum absolute atomic E-state index is 13.3. The zero-order valence-corrected chi connectivity index (χ0v) is 14.3. The van der Waals surface area contributed by atoms with Gasteiger partial charge in [-0.15, -0.1) is 0 Å². The minimum atomic E-state index is -6.52. The summed E-state index contributed by atoms with van der Waals surface area (Å²) in [7, 11) is -6.52. The average Bonchev–Trinajstić information content (AvgIpc) is 2.48. The second-order valence-electron chi connectivity index (χ2n) is 4.78. The number of esters is 2. The Kier molecular flexibility index (Phi) is 8.26. The van der Waals surface area contributed by atoms with Crippen LogP contribution < -0.4 is 0 Å². The van der Waals surface area contributed by atoms with Gasteiger partial charge in [-0.1, -0.05) is 19.9 Å². The van der Waals surface area contributed by atoms with Crippen molar-refractivity contribution < 1.29 is 63.1 Å². The standard InChI is InChI=1S/C12H14F6O8S/c1-3-4-5-24-9(20)11(12(16,17)18,26-8(19)7(2)13)25-6-10(14,15)27(21,22)23/h2-6H2,1H3,(H,21,22,23)/p-1. The van der Waals surface area contributed by atoms with Crippen LogP contribution in [0.1, 0.15) is 19.8 Å². The largest absolute Gasteiger partial charge is 0.743 e. The van der Waals surface area contributed by atoms with Crippen molar-refractivity contribution in [1.82, 2.24) is 0 Å². The summed E-state index contributed by atoms with van der Waals surface area (Å²) in [6, 6.07) is 0. The Labute approximate surface area is 148 Å². The first-order chi connectivity index (χ1) is 12.0. The van der Waals surface area contributed by atoms with Crippen molar-refractivity contribution in [2.75, 3.05) is 13.2 Å². The monoisotopic (exact) mass is 431 g/mol. The van der Waals surface area contributed by atoms with Gasteiger partial charge in [0.25, 0.3) is 0 Å². The highest BCUT2D eigenvalue weighted by molar-refractivity contribution is 7.86. The second kappa shape index (κ2) is 8.88. The van der Waals surface area contributed by atoms with Crippen molar-refractivity contribution in [1.29, 1.82) is 0 Å². The first-order valence-electron chi connectivity index (χ1n) is 6.80. The molecule has 0 fully saturated rings. The predicted octanol–water partition coefficient (Wildman–Crippen LogP) is 1.77. The van der Waals surface area contributed by atoms with E-state index in [-0.39, 0.29) is 6.42 Å². The Morgan fingerprint density at radius 2 is 1.67 bits per heavy atom. The van der Waals surface area contributed by atoms with E-state index in [9.17, 15) is 48.9 Å². The molecule has 0 aliphatic rings. The number of unbranched alkanes of at least 4 members (excludes halogenated alkanes) is 1. The minimum absolute atomic E-state index is 0.00541. The van der Waals surface area contributed by atoms with Gasteiger partial charge in [-0.2, -0.15) is 26.3 Å². The molecule has 0 aromatic heterocycles. The molecule has 15 heteroatoms. The van der Waals surface area contributed by atoms with Gasteiger partial charge in [-0.3, -0.25) is 0 Å². The Morgan fingerprint density at radius 3 is 2.04 bits per heavy atom. The van der Waals surface area contributed by atoms with Gasteiger partial charge in [-0.05, 0) is 6.42 Å². The highest BCUT2D eigenvalue weighted by Crippen LogP contribution is 2.38. The van der Waals surface area contributed by atoms with Gasteiger partial charge in [0.05, 0.1) is 6.61 Å². The van der Waals surface area contributed by atoms with Gasteiger partial charge in [-0.25, -0.2) is 18.0 Å². The van der Waals surface area contributed by atoms with Crippen molar-refractivity contribution in [3.8, 4) is 0 Å². The third kappa shape index (κ3) is 6.35. The molecule has 0 N–H and O–H groups in total. The summed E-state index contributed by atoms with van der Waals surface area (Å²) in [6.07, 6.45) is -5.83.